The van der Waals surface area contributed by atoms with Crippen molar-refractivity contribution < 1.29 is 32.5 Å². The zero-order valence-corrected chi connectivity index (χ0v) is 24.8. The lowest BCUT2D eigenvalue weighted by molar-refractivity contribution is -0.0391. The number of hydrogen-bond acceptors (Lipinski definition) is 6. The largest absolute Gasteiger partial charge is 0.508 e. The Balaban J connectivity index is 1.69. The summed E-state index contributed by atoms with van der Waals surface area (Å²) in [7, 11) is -4.63. The maximum absolute atomic E-state index is 11.3. The second-order valence-electron chi connectivity index (χ2n) is 12.5. The molecular formula is C31H46O7S. The van der Waals surface area contributed by atoms with Gasteiger partial charge in [0.2, 0.25) is 0 Å². The summed E-state index contributed by atoms with van der Waals surface area (Å²) < 4.78 is 36.4. The molecule has 1 saturated carbocycles. The first-order valence-electron chi connectivity index (χ1n) is 14.0. The summed E-state index contributed by atoms with van der Waals surface area (Å²) in [6.45, 7) is 11.2. The Morgan fingerprint density at radius 2 is 1.90 bits per heavy atom. The second kappa shape index (κ2) is 12.5. The van der Waals surface area contributed by atoms with Crippen LogP contribution in [-0.4, -0.2) is 34.4 Å². The van der Waals surface area contributed by atoms with Gasteiger partial charge in [-0.1, -0.05) is 44.9 Å². The Kier molecular flexibility index (Phi) is 10.00. The molecular weight excluding hydrogens is 516 g/mol. The molecule has 1 fully saturated rings. The van der Waals surface area contributed by atoms with Crippen LogP contribution < -0.4 is 0 Å². The number of fused-ring (bicyclic) bond motifs is 1. The van der Waals surface area contributed by atoms with Gasteiger partial charge >= 0.3 is 10.4 Å². The van der Waals surface area contributed by atoms with E-state index in [1.807, 2.05) is 0 Å². The Bertz CT molecular complexity index is 1210. The van der Waals surface area contributed by atoms with Crippen molar-refractivity contribution in [3.8, 4) is 11.5 Å². The predicted octanol–water partition coefficient (Wildman–Crippen LogP) is 7.01. The fourth-order valence-corrected chi connectivity index (χ4v) is 7.35. The third kappa shape index (κ3) is 8.12. The standard InChI is InChI=1S/C31H46O7S/c1-21-8-16-29-30(3,4)17-6-18-31(29,5)26(21)13-9-23(20-38-39(35,36)37)10-14-27(33)22(2)7-11-24-19-25(32)12-15-28(24)34/h7-8,12,15,19-20,26-27,29,32-34H,6,9-11,13-14,16-18H2,1-5H3,(H,35,36,37)/b22-7+,23-20-/t26-,27?,29-,31+/m0/s1. The molecule has 8 heteroatoms. The summed E-state index contributed by atoms with van der Waals surface area (Å²) >= 11 is 0. The molecule has 7 nitrogen and oxygen atoms in total. The van der Waals surface area contributed by atoms with Crippen LogP contribution in [0.2, 0.25) is 0 Å². The van der Waals surface area contributed by atoms with Crippen molar-refractivity contribution in [1.82, 2.24) is 0 Å². The number of rotatable bonds is 11. The highest BCUT2D eigenvalue weighted by Gasteiger charge is 2.51. The molecule has 4 atom stereocenters. The Labute approximate surface area is 234 Å². The molecule has 1 unspecified atom stereocenters. The van der Waals surface area contributed by atoms with E-state index < -0.39 is 16.5 Å². The van der Waals surface area contributed by atoms with Crippen molar-refractivity contribution in [1.29, 1.82) is 0 Å². The van der Waals surface area contributed by atoms with Gasteiger partial charge in [0.15, 0.2) is 0 Å². The summed E-state index contributed by atoms with van der Waals surface area (Å²) in [4.78, 5) is 0. The molecule has 0 aliphatic heterocycles. The molecule has 2 aliphatic rings. The van der Waals surface area contributed by atoms with Gasteiger partial charge in [-0.05, 0) is 117 Å². The van der Waals surface area contributed by atoms with Gasteiger partial charge in [-0.15, -0.1) is 0 Å². The average molecular weight is 563 g/mol. The van der Waals surface area contributed by atoms with E-state index >= 15 is 0 Å². The third-order valence-corrected chi connectivity index (χ3v) is 9.70. The van der Waals surface area contributed by atoms with Crippen molar-refractivity contribution in [3.05, 3.63) is 58.9 Å². The lowest BCUT2D eigenvalue weighted by Gasteiger charge is -2.57. The van der Waals surface area contributed by atoms with Crippen molar-refractivity contribution in [2.75, 3.05) is 0 Å². The quantitative estimate of drug-likeness (QED) is 0.0989. The molecule has 4 N–H and O–H groups in total. The normalized spacial score (nSPS) is 26.5. The lowest BCUT2D eigenvalue weighted by atomic mass is 9.48. The van der Waals surface area contributed by atoms with Crippen LogP contribution in [0.3, 0.4) is 0 Å². The summed E-state index contributed by atoms with van der Waals surface area (Å²) in [5, 5.41) is 30.4. The van der Waals surface area contributed by atoms with Crippen LogP contribution in [0.25, 0.3) is 0 Å². The van der Waals surface area contributed by atoms with Crippen LogP contribution in [0.5, 0.6) is 11.5 Å². The smallest absolute Gasteiger partial charge is 0.445 e. The highest BCUT2D eigenvalue weighted by Crippen LogP contribution is 2.60. The fourth-order valence-electron chi connectivity index (χ4n) is 7.09. The monoisotopic (exact) mass is 562 g/mol. The Morgan fingerprint density at radius 3 is 2.59 bits per heavy atom. The Hall–Kier alpha value is -2.29. The molecule has 2 aliphatic carbocycles. The number of allylic oxidation sites excluding steroid dienone is 4. The minimum Gasteiger partial charge on any atom is -0.508 e. The van der Waals surface area contributed by atoms with E-state index in [9.17, 15) is 23.7 Å². The van der Waals surface area contributed by atoms with Crippen molar-refractivity contribution in [3.63, 3.8) is 0 Å². The number of hydrogen-bond donors (Lipinski definition) is 4. The van der Waals surface area contributed by atoms with Crippen LogP contribution >= 0.6 is 0 Å². The Morgan fingerprint density at radius 1 is 1.18 bits per heavy atom. The van der Waals surface area contributed by atoms with E-state index in [1.54, 1.807) is 13.0 Å². The number of aromatic hydroxyl groups is 2. The molecule has 0 spiro atoms. The maximum atomic E-state index is 11.3. The molecule has 218 valence electrons. The van der Waals surface area contributed by atoms with E-state index in [4.69, 9.17) is 4.55 Å². The minimum absolute atomic E-state index is 0.0584. The maximum Gasteiger partial charge on any atom is 0.445 e. The van der Waals surface area contributed by atoms with Crippen molar-refractivity contribution >= 4 is 10.4 Å². The van der Waals surface area contributed by atoms with Crippen LogP contribution in [-0.2, 0) is 21.0 Å². The predicted molar refractivity (Wildman–Crippen MR) is 154 cm³/mol. The van der Waals surface area contributed by atoms with E-state index in [0.29, 0.717) is 48.7 Å². The molecule has 0 radical (unpaired) electrons. The summed E-state index contributed by atoms with van der Waals surface area (Å²) in [5.41, 5.74) is 3.81. The van der Waals surface area contributed by atoms with Crippen molar-refractivity contribution in [2.24, 2.45) is 22.7 Å². The van der Waals surface area contributed by atoms with E-state index in [0.717, 1.165) is 24.7 Å². The second-order valence-corrected chi connectivity index (χ2v) is 13.5. The summed E-state index contributed by atoms with van der Waals surface area (Å²) in [6.07, 6.45) is 11.8. The first-order chi connectivity index (χ1) is 18.1. The molecule has 0 bridgehead atoms. The number of aliphatic hydroxyl groups excluding tert-OH is 1. The molecule has 1 aromatic carbocycles. The molecule has 39 heavy (non-hydrogen) atoms. The van der Waals surface area contributed by atoms with Crippen LogP contribution in [0, 0.1) is 22.7 Å². The number of phenolic OH excluding ortho intramolecular Hbond substituents is 2. The van der Waals surface area contributed by atoms with Crippen LogP contribution in [0.15, 0.2) is 53.3 Å². The van der Waals surface area contributed by atoms with Crippen LogP contribution in [0.1, 0.15) is 91.5 Å². The van der Waals surface area contributed by atoms with Gasteiger partial charge in [0.05, 0.1) is 6.10 Å². The highest BCUT2D eigenvalue weighted by molar-refractivity contribution is 7.81. The molecule has 1 aromatic rings. The van der Waals surface area contributed by atoms with Gasteiger partial charge in [0, 0.05) is 5.56 Å². The van der Waals surface area contributed by atoms with E-state index in [1.165, 1.54) is 43.0 Å². The van der Waals surface area contributed by atoms with Gasteiger partial charge in [-0.25, -0.2) is 0 Å². The third-order valence-electron chi connectivity index (χ3n) is 9.36. The number of aliphatic hydroxyl groups is 1. The van der Waals surface area contributed by atoms with Gasteiger partial charge < -0.3 is 19.5 Å². The summed E-state index contributed by atoms with van der Waals surface area (Å²) in [6, 6.07) is 4.32. The first kappa shape index (κ1) is 31.2. The molecule has 0 saturated heterocycles. The topological polar surface area (TPSA) is 124 Å². The van der Waals surface area contributed by atoms with Crippen molar-refractivity contribution in [2.45, 2.75) is 98.5 Å². The van der Waals surface area contributed by atoms with Gasteiger partial charge in [0.1, 0.15) is 17.8 Å². The van der Waals surface area contributed by atoms with Gasteiger partial charge in [-0.3, -0.25) is 4.55 Å². The summed E-state index contributed by atoms with van der Waals surface area (Å²) in [5.74, 6) is 1.09. The SMILES string of the molecule is CC1=CC[C@H]2C(C)(C)CCC[C@]2(C)[C@H]1CC/C(=C/OS(=O)(=O)O)CCC(O)/C(C)=C/Cc1cc(O)ccc1O. The molecule has 3 rings (SSSR count). The van der Waals surface area contributed by atoms with E-state index in [-0.39, 0.29) is 22.3 Å². The molecule has 0 aromatic heterocycles. The van der Waals surface area contributed by atoms with E-state index in [2.05, 4.69) is 38.0 Å². The zero-order valence-electron chi connectivity index (χ0n) is 24.0. The fraction of sp³-hybridized carbons (Fsp3) is 0.613. The number of phenols is 2. The average Bonchev–Trinajstić information content (AvgIpc) is 2.83. The minimum atomic E-state index is -4.63. The highest BCUT2D eigenvalue weighted by atomic mass is 32.3. The molecule has 0 amide bonds. The van der Waals surface area contributed by atoms with Crippen LogP contribution in [0.4, 0.5) is 0 Å². The number of benzene rings is 1. The van der Waals surface area contributed by atoms with Gasteiger partial charge in [-0.2, -0.15) is 8.42 Å². The lowest BCUT2D eigenvalue weighted by Crippen LogP contribution is -2.48. The van der Waals surface area contributed by atoms with Gasteiger partial charge in [0.25, 0.3) is 0 Å². The first-order valence-corrected chi connectivity index (χ1v) is 15.3. The zero-order chi connectivity index (χ0) is 29.0. The molecule has 0 heterocycles.